The molecule has 0 spiro atoms. The van der Waals surface area contributed by atoms with Crippen LogP contribution in [0.5, 0.6) is 5.75 Å². The fourth-order valence-electron chi connectivity index (χ4n) is 1.95. The number of nitrogens with zero attached hydrogens (tertiary/aromatic N) is 4. The normalized spacial score (nSPS) is 11.6. The average molecular weight is 274 g/mol. The number of aryl methyl sites for hydroxylation is 1. The number of hydrogen-bond acceptors (Lipinski definition) is 5. The molecule has 1 aromatic heterocycles. The van der Waals surface area contributed by atoms with Gasteiger partial charge < -0.3 is 9.94 Å². The third-order valence-electron chi connectivity index (χ3n) is 3.01. The predicted octanol–water partition coefficient (Wildman–Crippen LogP) is 2.47. The molecule has 1 N–H and O–H groups in total. The van der Waals surface area contributed by atoms with E-state index >= 15 is 0 Å². The molecule has 0 bridgehead atoms. The van der Waals surface area contributed by atoms with Gasteiger partial charge >= 0.3 is 0 Å². The van der Waals surface area contributed by atoms with Gasteiger partial charge in [-0.2, -0.15) is 5.10 Å². The highest BCUT2D eigenvalue weighted by atomic mass is 16.5. The van der Waals surface area contributed by atoms with Crippen LogP contribution in [0.2, 0.25) is 0 Å². The summed E-state index contributed by atoms with van der Waals surface area (Å²) < 4.78 is 7.57. The minimum atomic E-state index is 0.327. The predicted molar refractivity (Wildman–Crippen MR) is 75.1 cm³/mol. The SMILES string of the molecule is CCC(=NO)c1ccccc1OCc1ncnn1CC. The molecule has 1 aromatic carbocycles. The molecule has 106 valence electrons. The van der Waals surface area contributed by atoms with Crippen LogP contribution in [0, 0.1) is 0 Å². The van der Waals surface area contributed by atoms with E-state index < -0.39 is 0 Å². The van der Waals surface area contributed by atoms with Crippen molar-refractivity contribution in [2.75, 3.05) is 0 Å². The Balaban J connectivity index is 2.18. The van der Waals surface area contributed by atoms with Gasteiger partial charge in [-0.25, -0.2) is 9.67 Å². The van der Waals surface area contributed by atoms with Crippen molar-refractivity contribution < 1.29 is 9.94 Å². The van der Waals surface area contributed by atoms with Crippen LogP contribution >= 0.6 is 0 Å². The van der Waals surface area contributed by atoms with Crippen LogP contribution in [0.15, 0.2) is 35.7 Å². The minimum Gasteiger partial charge on any atom is -0.485 e. The summed E-state index contributed by atoms with van der Waals surface area (Å²) in [5.41, 5.74) is 1.39. The smallest absolute Gasteiger partial charge is 0.164 e. The highest BCUT2D eigenvalue weighted by molar-refractivity contribution is 6.02. The molecular weight excluding hydrogens is 256 g/mol. The fraction of sp³-hybridized carbons (Fsp3) is 0.357. The molecule has 0 radical (unpaired) electrons. The summed E-state index contributed by atoms with van der Waals surface area (Å²) in [5.74, 6) is 1.44. The lowest BCUT2D eigenvalue weighted by atomic mass is 10.1. The molecule has 2 aromatic rings. The van der Waals surface area contributed by atoms with E-state index in [4.69, 9.17) is 9.94 Å². The third kappa shape index (κ3) is 2.96. The zero-order valence-electron chi connectivity index (χ0n) is 11.7. The van der Waals surface area contributed by atoms with Gasteiger partial charge in [0.2, 0.25) is 0 Å². The molecule has 0 aliphatic carbocycles. The van der Waals surface area contributed by atoms with E-state index in [1.807, 2.05) is 38.1 Å². The molecule has 0 fully saturated rings. The first-order chi connectivity index (χ1) is 9.80. The molecule has 0 aliphatic heterocycles. The van der Waals surface area contributed by atoms with Gasteiger partial charge in [-0.1, -0.05) is 24.2 Å². The zero-order chi connectivity index (χ0) is 14.4. The Morgan fingerprint density at radius 1 is 1.35 bits per heavy atom. The van der Waals surface area contributed by atoms with E-state index in [0.717, 1.165) is 17.9 Å². The van der Waals surface area contributed by atoms with Crippen molar-refractivity contribution >= 4 is 5.71 Å². The summed E-state index contributed by atoms with van der Waals surface area (Å²) in [4.78, 5) is 4.16. The molecule has 0 unspecified atom stereocenters. The second kappa shape index (κ2) is 6.70. The Bertz CT molecular complexity index is 592. The lowest BCUT2D eigenvalue weighted by Crippen LogP contribution is -2.09. The molecular formula is C14H18N4O2. The van der Waals surface area contributed by atoms with Crippen LogP contribution in [-0.4, -0.2) is 25.7 Å². The Morgan fingerprint density at radius 2 is 2.15 bits per heavy atom. The van der Waals surface area contributed by atoms with Crippen LogP contribution < -0.4 is 4.74 Å². The van der Waals surface area contributed by atoms with E-state index in [-0.39, 0.29) is 0 Å². The monoisotopic (exact) mass is 274 g/mol. The molecule has 20 heavy (non-hydrogen) atoms. The summed E-state index contributed by atoms with van der Waals surface area (Å²) >= 11 is 0. The minimum absolute atomic E-state index is 0.327. The average Bonchev–Trinajstić information content (AvgIpc) is 2.95. The van der Waals surface area contributed by atoms with Crippen LogP contribution in [0.25, 0.3) is 0 Å². The van der Waals surface area contributed by atoms with Gasteiger partial charge in [0, 0.05) is 12.1 Å². The number of ether oxygens (including phenoxy) is 1. The van der Waals surface area contributed by atoms with Crippen molar-refractivity contribution in [1.82, 2.24) is 14.8 Å². The number of benzene rings is 1. The Kier molecular flexibility index (Phi) is 4.70. The van der Waals surface area contributed by atoms with Crippen molar-refractivity contribution in [2.24, 2.45) is 5.16 Å². The molecule has 0 atom stereocenters. The van der Waals surface area contributed by atoms with Gasteiger partial charge in [0.1, 0.15) is 18.7 Å². The largest absolute Gasteiger partial charge is 0.485 e. The first kappa shape index (κ1) is 14.0. The quantitative estimate of drug-likeness (QED) is 0.499. The van der Waals surface area contributed by atoms with E-state index in [1.165, 1.54) is 6.33 Å². The lowest BCUT2D eigenvalue weighted by Gasteiger charge is -2.11. The molecule has 6 heteroatoms. The molecule has 0 aliphatic rings. The lowest BCUT2D eigenvalue weighted by molar-refractivity contribution is 0.285. The maximum atomic E-state index is 9.04. The van der Waals surface area contributed by atoms with Crippen LogP contribution in [-0.2, 0) is 13.2 Å². The number of para-hydroxylation sites is 1. The third-order valence-corrected chi connectivity index (χ3v) is 3.01. The maximum absolute atomic E-state index is 9.04. The van der Waals surface area contributed by atoms with Crippen LogP contribution in [0.3, 0.4) is 0 Å². The summed E-state index contributed by atoms with van der Waals surface area (Å²) in [6, 6.07) is 7.49. The van der Waals surface area contributed by atoms with Gasteiger partial charge in [-0.05, 0) is 25.5 Å². The molecule has 2 rings (SSSR count). The first-order valence-corrected chi connectivity index (χ1v) is 6.59. The topological polar surface area (TPSA) is 72.5 Å². The van der Waals surface area contributed by atoms with Crippen molar-refractivity contribution in [3.05, 3.63) is 42.0 Å². The maximum Gasteiger partial charge on any atom is 0.164 e. The summed E-state index contributed by atoms with van der Waals surface area (Å²) in [6.45, 7) is 5.01. The van der Waals surface area contributed by atoms with Crippen LogP contribution in [0.4, 0.5) is 0 Å². The molecule has 0 amide bonds. The number of rotatable bonds is 6. The summed E-state index contributed by atoms with van der Waals surface area (Å²) in [5, 5.41) is 16.5. The van der Waals surface area contributed by atoms with Crippen molar-refractivity contribution in [3.63, 3.8) is 0 Å². The Labute approximate surface area is 117 Å². The van der Waals surface area contributed by atoms with Gasteiger partial charge in [0.05, 0.1) is 5.71 Å². The van der Waals surface area contributed by atoms with E-state index in [1.54, 1.807) is 4.68 Å². The second-order valence-corrected chi connectivity index (χ2v) is 4.18. The highest BCUT2D eigenvalue weighted by Crippen LogP contribution is 2.21. The van der Waals surface area contributed by atoms with E-state index in [9.17, 15) is 0 Å². The van der Waals surface area contributed by atoms with Crippen molar-refractivity contribution in [3.8, 4) is 5.75 Å². The number of oxime groups is 1. The van der Waals surface area contributed by atoms with Crippen molar-refractivity contribution in [1.29, 1.82) is 0 Å². The van der Waals surface area contributed by atoms with E-state index in [0.29, 0.717) is 24.5 Å². The summed E-state index contributed by atoms with van der Waals surface area (Å²) in [7, 11) is 0. The fourth-order valence-corrected chi connectivity index (χ4v) is 1.95. The van der Waals surface area contributed by atoms with E-state index in [2.05, 4.69) is 15.2 Å². The number of hydrogen-bond donors (Lipinski definition) is 1. The van der Waals surface area contributed by atoms with Crippen LogP contribution in [0.1, 0.15) is 31.7 Å². The summed E-state index contributed by atoms with van der Waals surface area (Å²) in [6.07, 6.45) is 2.14. The Morgan fingerprint density at radius 3 is 2.85 bits per heavy atom. The van der Waals surface area contributed by atoms with Gasteiger partial charge in [-0.3, -0.25) is 0 Å². The number of aromatic nitrogens is 3. The second-order valence-electron chi connectivity index (χ2n) is 4.18. The molecule has 1 heterocycles. The van der Waals surface area contributed by atoms with Gasteiger partial charge in [0.25, 0.3) is 0 Å². The standard InChI is InChI=1S/C14H18N4O2/c1-3-12(17-19)11-7-5-6-8-13(11)20-9-14-15-10-16-18(14)4-2/h5-8,10,19H,3-4,9H2,1-2H3. The molecule has 0 saturated carbocycles. The van der Waals surface area contributed by atoms with Gasteiger partial charge in [0.15, 0.2) is 5.82 Å². The zero-order valence-corrected chi connectivity index (χ0v) is 11.7. The van der Waals surface area contributed by atoms with Gasteiger partial charge in [-0.15, -0.1) is 0 Å². The first-order valence-electron chi connectivity index (χ1n) is 6.59. The Hall–Kier alpha value is -2.37. The molecule has 6 nitrogen and oxygen atoms in total. The highest BCUT2D eigenvalue weighted by Gasteiger charge is 2.10. The molecule has 0 saturated heterocycles. The van der Waals surface area contributed by atoms with Crippen molar-refractivity contribution in [2.45, 2.75) is 33.4 Å².